The Morgan fingerprint density at radius 1 is 0.733 bits per heavy atom. The summed E-state index contributed by atoms with van der Waals surface area (Å²) in [6.07, 6.45) is 8.75. The molecule has 0 N–H and O–H groups in total. The van der Waals surface area contributed by atoms with Crippen LogP contribution >= 0.6 is 0 Å². The Balaban J connectivity index is 0.000000210. The second-order valence-electron chi connectivity index (χ2n) is 2.46. The SMILES string of the molecule is C=CC.c1ccncc1.c1ccncc1. The molecule has 0 aliphatic rings. The second kappa shape index (κ2) is 12.0. The summed E-state index contributed by atoms with van der Waals surface area (Å²) >= 11 is 0. The van der Waals surface area contributed by atoms with Gasteiger partial charge in [-0.3, -0.25) is 9.97 Å². The third kappa shape index (κ3) is 12.0. The summed E-state index contributed by atoms with van der Waals surface area (Å²) in [5, 5.41) is 0. The molecule has 0 fully saturated rings. The van der Waals surface area contributed by atoms with Crippen LogP contribution in [0.5, 0.6) is 0 Å². The van der Waals surface area contributed by atoms with Gasteiger partial charge in [0.05, 0.1) is 0 Å². The van der Waals surface area contributed by atoms with E-state index in [2.05, 4.69) is 16.5 Å². The maximum absolute atomic E-state index is 3.78. The first-order valence-corrected chi connectivity index (χ1v) is 4.69. The Labute approximate surface area is 91.3 Å². The molecule has 0 saturated carbocycles. The van der Waals surface area contributed by atoms with Crippen molar-refractivity contribution in [2.75, 3.05) is 0 Å². The predicted molar refractivity (Wildman–Crippen MR) is 64.3 cm³/mol. The van der Waals surface area contributed by atoms with Crippen molar-refractivity contribution in [1.82, 2.24) is 9.97 Å². The van der Waals surface area contributed by atoms with Gasteiger partial charge >= 0.3 is 0 Å². The molecule has 0 aliphatic carbocycles. The lowest BCUT2D eigenvalue weighted by Gasteiger charge is -1.70. The van der Waals surface area contributed by atoms with Crippen molar-refractivity contribution in [3.05, 3.63) is 73.8 Å². The van der Waals surface area contributed by atoms with Gasteiger partial charge in [-0.05, 0) is 31.2 Å². The first-order valence-electron chi connectivity index (χ1n) is 4.69. The van der Waals surface area contributed by atoms with Crippen molar-refractivity contribution >= 4 is 0 Å². The van der Waals surface area contributed by atoms with Crippen molar-refractivity contribution in [2.45, 2.75) is 6.92 Å². The van der Waals surface area contributed by atoms with Crippen LogP contribution in [0.2, 0.25) is 0 Å². The van der Waals surface area contributed by atoms with Crippen molar-refractivity contribution in [3.63, 3.8) is 0 Å². The van der Waals surface area contributed by atoms with E-state index in [9.17, 15) is 0 Å². The van der Waals surface area contributed by atoms with E-state index in [-0.39, 0.29) is 0 Å². The highest BCUT2D eigenvalue weighted by atomic mass is 14.6. The smallest absolute Gasteiger partial charge is 0.0267 e. The Morgan fingerprint density at radius 2 is 1.00 bits per heavy atom. The van der Waals surface area contributed by atoms with Gasteiger partial charge in [0.25, 0.3) is 0 Å². The predicted octanol–water partition coefficient (Wildman–Crippen LogP) is 3.36. The highest BCUT2D eigenvalue weighted by Gasteiger charge is 1.59. The van der Waals surface area contributed by atoms with Gasteiger partial charge in [-0.2, -0.15) is 0 Å². The fraction of sp³-hybridized carbons (Fsp3) is 0.0769. The molecule has 0 aromatic carbocycles. The topological polar surface area (TPSA) is 25.8 Å². The van der Waals surface area contributed by atoms with Gasteiger partial charge in [0, 0.05) is 24.8 Å². The number of aromatic nitrogens is 2. The molecule has 2 nitrogen and oxygen atoms in total. The van der Waals surface area contributed by atoms with Gasteiger partial charge in [-0.15, -0.1) is 6.58 Å². The molecule has 2 aromatic rings. The molecule has 0 aliphatic heterocycles. The van der Waals surface area contributed by atoms with Gasteiger partial charge in [0.2, 0.25) is 0 Å². The van der Waals surface area contributed by atoms with E-state index in [1.807, 2.05) is 43.3 Å². The molecule has 78 valence electrons. The largest absolute Gasteiger partial charge is 0.265 e. The zero-order chi connectivity index (χ0) is 11.2. The molecule has 0 spiro atoms. The van der Waals surface area contributed by atoms with E-state index in [1.165, 1.54) is 0 Å². The lowest BCUT2D eigenvalue weighted by atomic mass is 10.5. The normalized spacial score (nSPS) is 7.27. The number of pyridine rings is 2. The molecule has 0 amide bonds. The van der Waals surface area contributed by atoms with Crippen LogP contribution in [-0.4, -0.2) is 9.97 Å². The summed E-state index contributed by atoms with van der Waals surface area (Å²) in [6, 6.07) is 11.4. The summed E-state index contributed by atoms with van der Waals surface area (Å²) < 4.78 is 0. The molecule has 15 heavy (non-hydrogen) atoms. The molecule has 2 aromatic heterocycles. The summed E-state index contributed by atoms with van der Waals surface area (Å²) in [4.78, 5) is 7.57. The summed E-state index contributed by atoms with van der Waals surface area (Å²) in [6.45, 7) is 5.25. The van der Waals surface area contributed by atoms with Crippen molar-refractivity contribution in [3.8, 4) is 0 Å². The molecule has 0 saturated heterocycles. The van der Waals surface area contributed by atoms with Crippen LogP contribution < -0.4 is 0 Å². The van der Waals surface area contributed by atoms with Gasteiger partial charge in [-0.25, -0.2) is 0 Å². The quantitative estimate of drug-likeness (QED) is 0.609. The Morgan fingerprint density at radius 3 is 1.07 bits per heavy atom. The Hall–Kier alpha value is -1.96. The number of hydrogen-bond acceptors (Lipinski definition) is 2. The number of hydrogen-bond donors (Lipinski definition) is 0. The fourth-order valence-electron chi connectivity index (χ4n) is 0.625. The molecule has 0 radical (unpaired) electrons. The minimum atomic E-state index is 1.75. The third-order valence-corrected chi connectivity index (χ3v) is 1.13. The van der Waals surface area contributed by atoms with Crippen LogP contribution in [0.3, 0.4) is 0 Å². The van der Waals surface area contributed by atoms with Crippen LogP contribution in [0.25, 0.3) is 0 Å². The number of nitrogens with zero attached hydrogens (tertiary/aromatic N) is 2. The summed E-state index contributed by atoms with van der Waals surface area (Å²) in [7, 11) is 0. The molecule has 2 heteroatoms. The Kier molecular flexibility index (Phi) is 10.5. The van der Waals surface area contributed by atoms with Crippen molar-refractivity contribution in [1.29, 1.82) is 0 Å². The van der Waals surface area contributed by atoms with E-state index in [0.717, 1.165) is 0 Å². The van der Waals surface area contributed by atoms with Crippen LogP contribution in [0.15, 0.2) is 73.8 Å². The van der Waals surface area contributed by atoms with E-state index in [0.29, 0.717) is 0 Å². The van der Waals surface area contributed by atoms with E-state index in [1.54, 1.807) is 30.9 Å². The molecule has 2 rings (SSSR count). The number of allylic oxidation sites excluding steroid dienone is 1. The summed E-state index contributed by atoms with van der Waals surface area (Å²) in [5.74, 6) is 0. The number of rotatable bonds is 0. The minimum absolute atomic E-state index is 1.75. The van der Waals surface area contributed by atoms with Crippen LogP contribution in [-0.2, 0) is 0 Å². The van der Waals surface area contributed by atoms with Gasteiger partial charge in [-0.1, -0.05) is 18.2 Å². The molecule has 2 heterocycles. The van der Waals surface area contributed by atoms with Gasteiger partial charge in [0.15, 0.2) is 0 Å². The van der Waals surface area contributed by atoms with Gasteiger partial charge in [0.1, 0.15) is 0 Å². The molecular weight excluding hydrogens is 184 g/mol. The first kappa shape index (κ1) is 13.0. The molecule has 0 atom stereocenters. The molecule has 0 unspecified atom stereocenters. The van der Waals surface area contributed by atoms with Crippen LogP contribution in [0.1, 0.15) is 6.92 Å². The monoisotopic (exact) mass is 200 g/mol. The lowest BCUT2D eigenvalue weighted by molar-refractivity contribution is 1.33. The minimum Gasteiger partial charge on any atom is -0.265 e. The maximum atomic E-state index is 3.78. The maximum Gasteiger partial charge on any atom is 0.0267 e. The molecular formula is C13H16N2. The molecule has 0 bridgehead atoms. The van der Waals surface area contributed by atoms with E-state index in [4.69, 9.17) is 0 Å². The van der Waals surface area contributed by atoms with Crippen molar-refractivity contribution in [2.24, 2.45) is 0 Å². The zero-order valence-electron chi connectivity index (χ0n) is 8.95. The van der Waals surface area contributed by atoms with E-state index >= 15 is 0 Å². The standard InChI is InChI=1S/2C5H5N.C3H6/c2*1-2-4-6-5-3-1;1-3-2/h2*1-5H;3H,1H2,2H3. The van der Waals surface area contributed by atoms with Crippen LogP contribution in [0, 0.1) is 0 Å². The second-order valence-corrected chi connectivity index (χ2v) is 2.46. The lowest BCUT2D eigenvalue weighted by Crippen LogP contribution is -1.58. The fourth-order valence-corrected chi connectivity index (χ4v) is 0.625. The van der Waals surface area contributed by atoms with Gasteiger partial charge < -0.3 is 0 Å². The highest BCUT2D eigenvalue weighted by molar-refractivity contribution is 4.88. The summed E-state index contributed by atoms with van der Waals surface area (Å²) in [5.41, 5.74) is 0. The zero-order valence-corrected chi connectivity index (χ0v) is 8.95. The third-order valence-electron chi connectivity index (χ3n) is 1.13. The van der Waals surface area contributed by atoms with Crippen LogP contribution in [0.4, 0.5) is 0 Å². The highest BCUT2D eigenvalue weighted by Crippen LogP contribution is 1.74. The van der Waals surface area contributed by atoms with Crippen molar-refractivity contribution < 1.29 is 0 Å². The average Bonchev–Trinajstić information content (AvgIpc) is 2.35. The van der Waals surface area contributed by atoms with E-state index < -0.39 is 0 Å². The average molecular weight is 200 g/mol. The Bertz CT molecular complexity index is 221. The first-order chi connectivity index (χ1) is 7.41.